The van der Waals surface area contributed by atoms with Crippen LogP contribution < -0.4 is 0 Å². The summed E-state index contributed by atoms with van der Waals surface area (Å²) in [6.45, 7) is 11.5. The molecule has 0 aromatic heterocycles. The van der Waals surface area contributed by atoms with Crippen molar-refractivity contribution in [3.8, 4) is 0 Å². The molecule has 6 atom stereocenters. The van der Waals surface area contributed by atoms with Crippen LogP contribution in [0, 0.1) is 35.5 Å². The van der Waals surface area contributed by atoms with Gasteiger partial charge in [-0.3, -0.25) is 0 Å². The minimum atomic E-state index is 0.784. The quantitative estimate of drug-likeness (QED) is 0.461. The van der Waals surface area contributed by atoms with Crippen molar-refractivity contribution in [2.24, 2.45) is 35.5 Å². The zero-order chi connectivity index (χ0) is 17.5. The van der Waals surface area contributed by atoms with Gasteiger partial charge in [0.1, 0.15) is 0 Å². The lowest BCUT2D eigenvalue weighted by molar-refractivity contribution is 0.149. The highest BCUT2D eigenvalue weighted by Crippen LogP contribution is 2.44. The minimum Gasteiger partial charge on any atom is -0.0876 e. The number of rotatable bonds is 4. The summed E-state index contributed by atoms with van der Waals surface area (Å²) in [5.74, 6) is 5.48. The van der Waals surface area contributed by atoms with Gasteiger partial charge in [0, 0.05) is 5.92 Å². The Morgan fingerprint density at radius 1 is 1.12 bits per heavy atom. The minimum absolute atomic E-state index is 0.784. The van der Waals surface area contributed by atoms with Crippen LogP contribution in [0.2, 0.25) is 0 Å². The second kappa shape index (κ2) is 9.83. The fourth-order valence-corrected chi connectivity index (χ4v) is 5.45. The highest BCUT2D eigenvalue weighted by atomic mass is 14.4. The summed E-state index contributed by atoms with van der Waals surface area (Å²) in [7, 11) is 0. The van der Waals surface area contributed by atoms with E-state index in [1.165, 1.54) is 57.8 Å². The molecule has 24 heavy (non-hydrogen) atoms. The van der Waals surface area contributed by atoms with Crippen LogP contribution in [0.15, 0.2) is 23.8 Å². The van der Waals surface area contributed by atoms with Crippen molar-refractivity contribution >= 4 is 0 Å². The van der Waals surface area contributed by atoms with Gasteiger partial charge in [0.25, 0.3) is 0 Å². The summed E-state index contributed by atoms with van der Waals surface area (Å²) < 4.78 is 0. The molecule has 0 aromatic carbocycles. The summed E-state index contributed by atoms with van der Waals surface area (Å²) in [6.07, 6.45) is 20.4. The van der Waals surface area contributed by atoms with E-state index in [-0.39, 0.29) is 0 Å². The lowest BCUT2D eigenvalue weighted by Gasteiger charge is -2.37. The van der Waals surface area contributed by atoms with E-state index in [9.17, 15) is 0 Å². The predicted molar refractivity (Wildman–Crippen MR) is 108 cm³/mol. The van der Waals surface area contributed by atoms with Crippen molar-refractivity contribution in [3.63, 3.8) is 0 Å². The van der Waals surface area contributed by atoms with Gasteiger partial charge in [0.15, 0.2) is 0 Å². The van der Waals surface area contributed by atoms with Crippen LogP contribution in [-0.4, -0.2) is 0 Å². The largest absolute Gasteiger partial charge is 0.0876 e. The van der Waals surface area contributed by atoms with Crippen LogP contribution in [0.25, 0.3) is 0 Å². The Morgan fingerprint density at radius 2 is 1.92 bits per heavy atom. The van der Waals surface area contributed by atoms with Gasteiger partial charge in [0.05, 0.1) is 0 Å². The summed E-state index contributed by atoms with van der Waals surface area (Å²) >= 11 is 0. The first-order valence-electron chi connectivity index (χ1n) is 11.0. The molecular formula is C24H42. The first-order chi connectivity index (χ1) is 11.6. The lowest BCUT2D eigenvalue weighted by atomic mass is 9.68. The molecule has 0 N–H and O–H groups in total. The molecule has 0 nitrogen and oxygen atoms in total. The van der Waals surface area contributed by atoms with Gasteiger partial charge in [-0.2, -0.15) is 0 Å². The Labute approximate surface area is 152 Å². The Kier molecular flexibility index (Phi) is 8.11. The molecule has 0 amide bonds. The maximum Gasteiger partial charge on any atom is 0.00105 e. The third kappa shape index (κ3) is 4.99. The SMILES string of the molecule is CC.CC1CCC(C)[C@H](CC(C)[C@H]2CC=CC2C2=CCCCC2)C1. The predicted octanol–water partition coefficient (Wildman–Crippen LogP) is 7.80. The van der Waals surface area contributed by atoms with Crippen LogP contribution in [0.3, 0.4) is 0 Å². The molecule has 1 fully saturated rings. The van der Waals surface area contributed by atoms with Gasteiger partial charge in [0.2, 0.25) is 0 Å². The first kappa shape index (κ1) is 19.8. The normalized spacial score (nSPS) is 37.4. The topological polar surface area (TPSA) is 0 Å². The lowest BCUT2D eigenvalue weighted by Crippen LogP contribution is -2.27. The highest BCUT2D eigenvalue weighted by molar-refractivity contribution is 5.21. The van der Waals surface area contributed by atoms with E-state index in [4.69, 9.17) is 0 Å². The molecule has 0 saturated heterocycles. The Bertz CT molecular complexity index is 416. The summed E-state index contributed by atoms with van der Waals surface area (Å²) in [4.78, 5) is 0. The van der Waals surface area contributed by atoms with Crippen molar-refractivity contribution in [1.82, 2.24) is 0 Å². The third-order valence-corrected chi connectivity index (χ3v) is 7.00. The van der Waals surface area contributed by atoms with Gasteiger partial charge in [-0.1, -0.05) is 71.3 Å². The van der Waals surface area contributed by atoms with Crippen LogP contribution in [-0.2, 0) is 0 Å². The van der Waals surface area contributed by atoms with E-state index in [1.54, 1.807) is 5.57 Å². The van der Waals surface area contributed by atoms with E-state index < -0.39 is 0 Å². The fourth-order valence-electron chi connectivity index (χ4n) is 5.45. The average Bonchev–Trinajstić information content (AvgIpc) is 3.10. The van der Waals surface area contributed by atoms with Crippen molar-refractivity contribution in [2.45, 2.75) is 92.4 Å². The van der Waals surface area contributed by atoms with Gasteiger partial charge < -0.3 is 0 Å². The molecule has 4 unspecified atom stereocenters. The van der Waals surface area contributed by atoms with Gasteiger partial charge >= 0.3 is 0 Å². The highest BCUT2D eigenvalue weighted by Gasteiger charge is 2.34. The molecule has 0 aliphatic heterocycles. The summed E-state index contributed by atoms with van der Waals surface area (Å²) in [5, 5.41) is 0. The van der Waals surface area contributed by atoms with Gasteiger partial charge in [-0.15, -0.1) is 0 Å². The number of allylic oxidation sites excluding steroid dienone is 4. The maximum atomic E-state index is 2.58. The first-order valence-corrected chi connectivity index (χ1v) is 11.0. The summed E-state index contributed by atoms with van der Waals surface area (Å²) in [5.41, 5.74) is 1.78. The molecule has 138 valence electrons. The zero-order valence-corrected chi connectivity index (χ0v) is 17.1. The molecule has 0 heterocycles. The molecule has 1 saturated carbocycles. The molecule has 0 heteroatoms. The van der Waals surface area contributed by atoms with E-state index in [0.29, 0.717) is 0 Å². The van der Waals surface area contributed by atoms with Crippen molar-refractivity contribution in [3.05, 3.63) is 23.8 Å². The maximum absolute atomic E-state index is 2.58. The Morgan fingerprint density at radius 3 is 2.62 bits per heavy atom. The molecule has 3 aliphatic carbocycles. The Hall–Kier alpha value is -0.520. The van der Waals surface area contributed by atoms with E-state index in [2.05, 4.69) is 39.0 Å². The van der Waals surface area contributed by atoms with Crippen molar-refractivity contribution < 1.29 is 0 Å². The van der Waals surface area contributed by atoms with Gasteiger partial charge in [-0.25, -0.2) is 0 Å². The molecule has 3 rings (SSSR count). The van der Waals surface area contributed by atoms with E-state index in [1.807, 2.05) is 13.8 Å². The average molecular weight is 331 g/mol. The van der Waals surface area contributed by atoms with Crippen LogP contribution in [0.5, 0.6) is 0 Å². The molecule has 0 spiro atoms. The monoisotopic (exact) mass is 330 g/mol. The Balaban J connectivity index is 0.00000100. The second-order valence-electron chi connectivity index (χ2n) is 8.75. The molecule has 3 aliphatic rings. The summed E-state index contributed by atoms with van der Waals surface area (Å²) in [6, 6.07) is 0. The molecule has 0 radical (unpaired) electrons. The second-order valence-corrected chi connectivity index (χ2v) is 8.75. The van der Waals surface area contributed by atoms with Crippen molar-refractivity contribution in [1.29, 1.82) is 0 Å². The van der Waals surface area contributed by atoms with E-state index >= 15 is 0 Å². The standard InChI is InChI=1S/C22H36.C2H6/c1-16-12-13-17(2)20(14-16)15-18(3)21-10-7-11-22(21)19-8-5-4-6-9-19;1-2/h7-8,11,16-18,20-22H,4-6,9-10,12-15H2,1-3H3;1-2H3/t16?,17?,18?,20-,21+,22?;/m0./s1. The van der Waals surface area contributed by atoms with Crippen LogP contribution >= 0.6 is 0 Å². The molecule has 0 aromatic rings. The van der Waals surface area contributed by atoms with Crippen LogP contribution in [0.4, 0.5) is 0 Å². The van der Waals surface area contributed by atoms with E-state index in [0.717, 1.165) is 35.5 Å². The molecular weight excluding hydrogens is 288 g/mol. The van der Waals surface area contributed by atoms with Gasteiger partial charge in [-0.05, 0) is 74.5 Å². The van der Waals surface area contributed by atoms with Crippen LogP contribution in [0.1, 0.15) is 92.4 Å². The molecule has 0 bridgehead atoms. The smallest absolute Gasteiger partial charge is 0.00105 e. The number of hydrogen-bond acceptors (Lipinski definition) is 0. The fraction of sp³-hybridized carbons (Fsp3) is 0.833. The number of hydrogen-bond donors (Lipinski definition) is 0. The zero-order valence-electron chi connectivity index (χ0n) is 17.1. The van der Waals surface area contributed by atoms with Crippen molar-refractivity contribution in [2.75, 3.05) is 0 Å². The third-order valence-electron chi connectivity index (χ3n) is 7.00.